The first kappa shape index (κ1) is 8.25. The van der Waals surface area contributed by atoms with E-state index in [1.165, 1.54) is 5.57 Å². The van der Waals surface area contributed by atoms with Gasteiger partial charge in [0.05, 0.1) is 6.04 Å². The van der Waals surface area contributed by atoms with E-state index in [1.807, 2.05) is 6.21 Å². The van der Waals surface area contributed by atoms with E-state index >= 15 is 0 Å². The maximum Gasteiger partial charge on any atom is 0.0651 e. The molecule has 60 valence electrons. The largest absolute Gasteiger partial charge is 0.290 e. The molecule has 0 fully saturated rings. The molecule has 11 heavy (non-hydrogen) atoms. The van der Waals surface area contributed by atoms with E-state index in [4.69, 9.17) is 0 Å². The van der Waals surface area contributed by atoms with Crippen molar-refractivity contribution in [3.05, 3.63) is 23.8 Å². The van der Waals surface area contributed by atoms with Crippen LogP contribution in [-0.4, -0.2) is 12.3 Å². The highest BCUT2D eigenvalue weighted by Gasteiger charge is 1.98. The zero-order valence-electron chi connectivity index (χ0n) is 7.41. The Hall–Kier alpha value is -0.850. The van der Waals surface area contributed by atoms with Gasteiger partial charge in [0.15, 0.2) is 0 Å². The number of rotatable bonds is 0. The smallest absolute Gasteiger partial charge is 0.0651 e. The SMILES string of the molecule is CC1=CC(C)C=NC(C)C=C1. The number of hydrogen-bond donors (Lipinski definition) is 0. The van der Waals surface area contributed by atoms with Gasteiger partial charge in [-0.1, -0.05) is 30.7 Å². The summed E-state index contributed by atoms with van der Waals surface area (Å²) in [6.07, 6.45) is 8.48. The second-order valence-corrected chi connectivity index (χ2v) is 3.17. The third-order valence-corrected chi connectivity index (χ3v) is 1.72. The van der Waals surface area contributed by atoms with Crippen molar-refractivity contribution in [2.24, 2.45) is 10.9 Å². The van der Waals surface area contributed by atoms with Crippen molar-refractivity contribution in [3.8, 4) is 0 Å². The van der Waals surface area contributed by atoms with Gasteiger partial charge in [0.2, 0.25) is 0 Å². The number of hydrogen-bond acceptors (Lipinski definition) is 1. The summed E-state index contributed by atoms with van der Waals surface area (Å²) in [5.41, 5.74) is 1.33. The van der Waals surface area contributed by atoms with E-state index in [9.17, 15) is 0 Å². The van der Waals surface area contributed by atoms with Crippen molar-refractivity contribution >= 4 is 6.21 Å². The minimum absolute atomic E-state index is 0.334. The van der Waals surface area contributed by atoms with Gasteiger partial charge in [0.1, 0.15) is 0 Å². The Morgan fingerprint density at radius 3 is 2.82 bits per heavy atom. The van der Waals surface area contributed by atoms with Crippen LogP contribution < -0.4 is 0 Å². The Labute approximate surface area is 68.5 Å². The molecule has 0 amide bonds. The minimum Gasteiger partial charge on any atom is -0.290 e. The van der Waals surface area contributed by atoms with Crippen LogP contribution in [-0.2, 0) is 0 Å². The predicted molar refractivity (Wildman–Crippen MR) is 50.0 cm³/mol. The Morgan fingerprint density at radius 2 is 2.09 bits per heavy atom. The fraction of sp³-hybridized carbons (Fsp3) is 0.500. The molecule has 0 aliphatic carbocycles. The van der Waals surface area contributed by atoms with Crippen LogP contribution >= 0.6 is 0 Å². The molecule has 0 aromatic rings. The second-order valence-electron chi connectivity index (χ2n) is 3.17. The van der Waals surface area contributed by atoms with Gasteiger partial charge in [0.25, 0.3) is 0 Å². The second kappa shape index (κ2) is 3.51. The summed E-state index contributed by atoms with van der Waals surface area (Å²) < 4.78 is 0. The highest BCUT2D eigenvalue weighted by atomic mass is 14.7. The number of nitrogens with zero attached hydrogens (tertiary/aromatic N) is 1. The summed E-state index contributed by atoms with van der Waals surface area (Å²) in [6, 6.07) is 0.334. The molecule has 0 spiro atoms. The maximum atomic E-state index is 4.34. The van der Waals surface area contributed by atoms with Gasteiger partial charge in [-0.3, -0.25) is 4.99 Å². The topological polar surface area (TPSA) is 12.4 Å². The van der Waals surface area contributed by atoms with Gasteiger partial charge >= 0.3 is 0 Å². The van der Waals surface area contributed by atoms with Gasteiger partial charge in [-0.25, -0.2) is 0 Å². The van der Waals surface area contributed by atoms with E-state index in [0.29, 0.717) is 12.0 Å². The Bertz CT molecular complexity index is 211. The normalized spacial score (nSPS) is 31.0. The van der Waals surface area contributed by atoms with E-state index < -0.39 is 0 Å². The minimum atomic E-state index is 0.334. The Kier molecular flexibility index (Phi) is 2.64. The molecule has 0 aromatic carbocycles. The van der Waals surface area contributed by atoms with Crippen molar-refractivity contribution in [3.63, 3.8) is 0 Å². The van der Waals surface area contributed by atoms with Crippen molar-refractivity contribution in [1.82, 2.24) is 0 Å². The quantitative estimate of drug-likeness (QED) is 0.502. The van der Waals surface area contributed by atoms with E-state index in [0.717, 1.165) is 0 Å². The summed E-state index contributed by atoms with van der Waals surface area (Å²) in [5, 5.41) is 0. The molecule has 1 heteroatoms. The first-order valence-corrected chi connectivity index (χ1v) is 4.08. The lowest BCUT2D eigenvalue weighted by Crippen LogP contribution is -2.00. The summed E-state index contributed by atoms with van der Waals surface area (Å²) in [5.74, 6) is 0.474. The fourth-order valence-electron chi connectivity index (χ4n) is 1.13. The van der Waals surface area contributed by atoms with Crippen LogP contribution in [0.25, 0.3) is 0 Å². The molecule has 0 saturated heterocycles. The first-order chi connectivity index (χ1) is 5.18. The Morgan fingerprint density at radius 1 is 1.36 bits per heavy atom. The van der Waals surface area contributed by atoms with Crippen LogP contribution in [0.3, 0.4) is 0 Å². The molecule has 2 atom stereocenters. The lowest BCUT2D eigenvalue weighted by atomic mass is 10.1. The first-order valence-electron chi connectivity index (χ1n) is 4.08. The van der Waals surface area contributed by atoms with Crippen LogP contribution in [0, 0.1) is 5.92 Å². The molecule has 0 bridgehead atoms. The number of allylic oxidation sites excluding steroid dienone is 3. The van der Waals surface area contributed by atoms with Crippen LogP contribution in [0.5, 0.6) is 0 Å². The molecule has 0 radical (unpaired) electrons. The van der Waals surface area contributed by atoms with Crippen LogP contribution in [0.2, 0.25) is 0 Å². The molecule has 1 nitrogen and oxygen atoms in total. The van der Waals surface area contributed by atoms with Crippen molar-refractivity contribution < 1.29 is 0 Å². The molecule has 1 heterocycles. The lowest BCUT2D eigenvalue weighted by Gasteiger charge is -2.06. The van der Waals surface area contributed by atoms with Crippen molar-refractivity contribution in [2.45, 2.75) is 26.8 Å². The molecular formula is C10H15N. The van der Waals surface area contributed by atoms with Crippen LogP contribution in [0.1, 0.15) is 20.8 Å². The third-order valence-electron chi connectivity index (χ3n) is 1.72. The molecule has 0 saturated carbocycles. The van der Waals surface area contributed by atoms with Gasteiger partial charge in [0, 0.05) is 12.1 Å². The van der Waals surface area contributed by atoms with Gasteiger partial charge < -0.3 is 0 Å². The zero-order valence-corrected chi connectivity index (χ0v) is 7.41. The van der Waals surface area contributed by atoms with Gasteiger partial charge in [-0.05, 0) is 13.8 Å². The average molecular weight is 149 g/mol. The van der Waals surface area contributed by atoms with Crippen molar-refractivity contribution in [2.75, 3.05) is 0 Å². The predicted octanol–water partition coefficient (Wildman–Crippen LogP) is 2.60. The highest BCUT2D eigenvalue weighted by Crippen LogP contribution is 2.07. The molecule has 2 unspecified atom stereocenters. The molecular weight excluding hydrogens is 134 g/mol. The van der Waals surface area contributed by atoms with Crippen LogP contribution in [0.15, 0.2) is 28.8 Å². The van der Waals surface area contributed by atoms with E-state index in [-0.39, 0.29) is 0 Å². The molecule has 1 aliphatic heterocycles. The number of aliphatic imine (C=N–C) groups is 1. The fourth-order valence-corrected chi connectivity index (χ4v) is 1.13. The zero-order chi connectivity index (χ0) is 8.27. The monoisotopic (exact) mass is 149 g/mol. The molecule has 0 aromatic heterocycles. The molecule has 1 aliphatic rings. The maximum absolute atomic E-state index is 4.34. The van der Waals surface area contributed by atoms with Gasteiger partial charge in [-0.2, -0.15) is 0 Å². The van der Waals surface area contributed by atoms with Crippen molar-refractivity contribution in [1.29, 1.82) is 0 Å². The average Bonchev–Trinajstić information content (AvgIpc) is 1.95. The summed E-state index contributed by atoms with van der Waals surface area (Å²) in [7, 11) is 0. The Balaban J connectivity index is 2.82. The highest BCUT2D eigenvalue weighted by molar-refractivity contribution is 5.64. The molecule has 0 N–H and O–H groups in total. The summed E-state index contributed by atoms with van der Waals surface area (Å²) >= 11 is 0. The third kappa shape index (κ3) is 2.71. The standard InChI is InChI=1S/C10H15N/c1-8-4-5-10(3)11-7-9(2)6-8/h4-7,9-10H,1-3H3. The van der Waals surface area contributed by atoms with Gasteiger partial charge in [-0.15, -0.1) is 0 Å². The molecule has 1 rings (SSSR count). The van der Waals surface area contributed by atoms with E-state index in [1.54, 1.807) is 0 Å². The summed E-state index contributed by atoms with van der Waals surface area (Å²) in [6.45, 7) is 6.37. The summed E-state index contributed by atoms with van der Waals surface area (Å²) in [4.78, 5) is 4.34. The lowest BCUT2D eigenvalue weighted by molar-refractivity contribution is 0.893. The van der Waals surface area contributed by atoms with Crippen LogP contribution in [0.4, 0.5) is 0 Å². The van der Waals surface area contributed by atoms with E-state index in [2.05, 4.69) is 44.0 Å².